The summed E-state index contributed by atoms with van der Waals surface area (Å²) in [6, 6.07) is 9.98. The second-order valence-electron chi connectivity index (χ2n) is 4.74. The second-order valence-corrected chi connectivity index (χ2v) is 5.60. The average molecular weight is 348 g/mol. The van der Waals surface area contributed by atoms with Crippen molar-refractivity contribution in [1.29, 1.82) is 0 Å². The molecule has 0 spiro atoms. The number of carboxylic acids is 1. The summed E-state index contributed by atoms with van der Waals surface area (Å²) in [5.41, 5.74) is 2.74. The van der Waals surface area contributed by atoms with E-state index in [0.717, 1.165) is 15.6 Å². The fourth-order valence-electron chi connectivity index (χ4n) is 2.12. The molecule has 5 heteroatoms. The highest BCUT2D eigenvalue weighted by Crippen LogP contribution is 2.28. The highest BCUT2D eigenvalue weighted by atomic mass is 79.9. The van der Waals surface area contributed by atoms with Crippen LogP contribution in [0.15, 0.2) is 40.9 Å². The van der Waals surface area contributed by atoms with Gasteiger partial charge in [0.15, 0.2) is 0 Å². The number of aromatic carboxylic acids is 1. The monoisotopic (exact) mass is 347 g/mol. The summed E-state index contributed by atoms with van der Waals surface area (Å²) in [5.74, 6) is -1.57. The average Bonchev–Trinajstić information content (AvgIpc) is 2.42. The van der Waals surface area contributed by atoms with Crippen molar-refractivity contribution in [3.63, 3.8) is 0 Å². The Morgan fingerprint density at radius 1 is 1.10 bits per heavy atom. The van der Waals surface area contributed by atoms with E-state index >= 15 is 0 Å². The van der Waals surface area contributed by atoms with Gasteiger partial charge in [-0.25, -0.2) is 4.79 Å². The molecule has 0 radical (unpaired) electrons. The van der Waals surface area contributed by atoms with E-state index < -0.39 is 11.9 Å². The summed E-state index contributed by atoms with van der Waals surface area (Å²) >= 11 is 3.42. The Hall–Kier alpha value is -2.14. The van der Waals surface area contributed by atoms with Crippen molar-refractivity contribution in [3.05, 3.63) is 63.1 Å². The van der Waals surface area contributed by atoms with E-state index in [1.807, 2.05) is 26.0 Å². The Kier molecular flexibility index (Phi) is 4.43. The molecule has 0 unspecified atom stereocenters. The van der Waals surface area contributed by atoms with Crippen LogP contribution in [0, 0.1) is 13.8 Å². The van der Waals surface area contributed by atoms with Crippen molar-refractivity contribution in [2.45, 2.75) is 13.8 Å². The molecule has 0 fully saturated rings. The minimum atomic E-state index is -1.12. The van der Waals surface area contributed by atoms with Crippen LogP contribution in [0.25, 0.3) is 0 Å². The number of rotatable bonds is 3. The quantitative estimate of drug-likeness (QED) is 0.881. The van der Waals surface area contributed by atoms with Gasteiger partial charge in [-0.15, -0.1) is 0 Å². The number of hydrogen-bond acceptors (Lipinski definition) is 2. The number of carbonyl (C=O) groups is 2. The van der Waals surface area contributed by atoms with Gasteiger partial charge in [-0.2, -0.15) is 0 Å². The molecule has 0 bridgehead atoms. The van der Waals surface area contributed by atoms with Gasteiger partial charge in [0.1, 0.15) is 0 Å². The lowest BCUT2D eigenvalue weighted by atomic mass is 10.1. The van der Waals surface area contributed by atoms with E-state index in [2.05, 4.69) is 21.2 Å². The molecule has 2 aromatic rings. The van der Waals surface area contributed by atoms with E-state index in [4.69, 9.17) is 5.11 Å². The van der Waals surface area contributed by atoms with Gasteiger partial charge < -0.3 is 10.4 Å². The summed E-state index contributed by atoms with van der Waals surface area (Å²) < 4.78 is 0.765. The van der Waals surface area contributed by atoms with Crippen LogP contribution in [0.3, 0.4) is 0 Å². The van der Waals surface area contributed by atoms with Gasteiger partial charge in [-0.3, -0.25) is 4.79 Å². The van der Waals surface area contributed by atoms with Crippen molar-refractivity contribution in [3.8, 4) is 0 Å². The first-order valence-corrected chi connectivity index (χ1v) is 7.10. The highest BCUT2D eigenvalue weighted by molar-refractivity contribution is 9.10. The number of halogens is 1. The molecular formula is C16H14BrNO3. The van der Waals surface area contributed by atoms with Crippen molar-refractivity contribution in [2.24, 2.45) is 0 Å². The number of carbonyl (C=O) groups excluding carboxylic acids is 1. The lowest BCUT2D eigenvalue weighted by Crippen LogP contribution is -2.17. The van der Waals surface area contributed by atoms with E-state index in [-0.39, 0.29) is 11.1 Å². The van der Waals surface area contributed by atoms with Crippen LogP contribution < -0.4 is 5.32 Å². The normalized spacial score (nSPS) is 10.2. The predicted octanol–water partition coefficient (Wildman–Crippen LogP) is 4.02. The Labute approximate surface area is 130 Å². The molecule has 108 valence electrons. The fourth-order valence-corrected chi connectivity index (χ4v) is 2.90. The maximum atomic E-state index is 12.3. The van der Waals surface area contributed by atoms with Crippen LogP contribution in [0.2, 0.25) is 0 Å². The number of benzene rings is 2. The van der Waals surface area contributed by atoms with Crippen LogP contribution in [-0.2, 0) is 0 Å². The third-order valence-electron chi connectivity index (χ3n) is 3.07. The van der Waals surface area contributed by atoms with Gasteiger partial charge in [0, 0.05) is 4.47 Å². The zero-order valence-electron chi connectivity index (χ0n) is 11.6. The smallest absolute Gasteiger partial charge is 0.336 e. The van der Waals surface area contributed by atoms with Gasteiger partial charge in [0.05, 0.1) is 16.8 Å². The molecule has 4 nitrogen and oxygen atoms in total. The first-order chi connectivity index (χ1) is 9.90. The van der Waals surface area contributed by atoms with E-state index in [9.17, 15) is 9.59 Å². The molecule has 1 amide bonds. The molecule has 0 aliphatic carbocycles. The van der Waals surface area contributed by atoms with Gasteiger partial charge in [0.2, 0.25) is 0 Å². The first-order valence-electron chi connectivity index (χ1n) is 6.30. The highest BCUT2D eigenvalue weighted by Gasteiger charge is 2.17. The number of nitrogens with one attached hydrogen (secondary N) is 1. The van der Waals surface area contributed by atoms with Crippen LogP contribution in [-0.4, -0.2) is 17.0 Å². The molecule has 2 rings (SSSR count). The van der Waals surface area contributed by atoms with E-state index in [0.29, 0.717) is 5.69 Å². The van der Waals surface area contributed by atoms with Crippen molar-refractivity contribution in [2.75, 3.05) is 5.32 Å². The number of carboxylic acid groups (broad SMARTS) is 1. The maximum Gasteiger partial charge on any atom is 0.336 e. The third-order valence-corrected chi connectivity index (χ3v) is 3.70. The van der Waals surface area contributed by atoms with Crippen molar-refractivity contribution >= 4 is 33.5 Å². The molecular weight excluding hydrogens is 334 g/mol. The summed E-state index contributed by atoms with van der Waals surface area (Å²) in [6.07, 6.45) is 0. The lowest BCUT2D eigenvalue weighted by Gasteiger charge is -2.12. The maximum absolute atomic E-state index is 12.3. The zero-order chi connectivity index (χ0) is 15.6. The van der Waals surface area contributed by atoms with Crippen LogP contribution in [0.5, 0.6) is 0 Å². The summed E-state index contributed by atoms with van der Waals surface area (Å²) in [5, 5.41) is 11.9. The topological polar surface area (TPSA) is 66.4 Å². The SMILES string of the molecule is Cc1cc(C)c(NC(=O)c2ccccc2C(=O)O)c(Br)c1. The molecule has 2 N–H and O–H groups in total. The Morgan fingerprint density at radius 2 is 1.71 bits per heavy atom. The molecule has 0 saturated carbocycles. The molecule has 0 aromatic heterocycles. The van der Waals surface area contributed by atoms with Crippen molar-refractivity contribution in [1.82, 2.24) is 0 Å². The molecule has 0 heterocycles. The molecule has 21 heavy (non-hydrogen) atoms. The molecule has 0 saturated heterocycles. The molecule has 2 aromatic carbocycles. The number of anilines is 1. The predicted molar refractivity (Wildman–Crippen MR) is 85.0 cm³/mol. The van der Waals surface area contributed by atoms with Crippen LogP contribution >= 0.6 is 15.9 Å². The van der Waals surface area contributed by atoms with Gasteiger partial charge in [0.25, 0.3) is 5.91 Å². The number of aryl methyl sites for hydroxylation is 2. The van der Waals surface area contributed by atoms with E-state index in [1.165, 1.54) is 12.1 Å². The minimum absolute atomic E-state index is 0.0177. The fraction of sp³-hybridized carbons (Fsp3) is 0.125. The first kappa shape index (κ1) is 15.3. The van der Waals surface area contributed by atoms with Gasteiger partial charge in [-0.05, 0) is 59.1 Å². The minimum Gasteiger partial charge on any atom is -0.478 e. The van der Waals surface area contributed by atoms with E-state index in [1.54, 1.807) is 12.1 Å². The van der Waals surface area contributed by atoms with Crippen molar-refractivity contribution < 1.29 is 14.7 Å². The van der Waals surface area contributed by atoms with Crippen LogP contribution in [0.1, 0.15) is 31.8 Å². The number of hydrogen-bond donors (Lipinski definition) is 2. The molecule has 0 atom stereocenters. The standard InChI is InChI=1S/C16H14BrNO3/c1-9-7-10(2)14(13(17)8-9)18-15(19)11-5-3-4-6-12(11)16(20)21/h3-8H,1-2H3,(H,18,19)(H,20,21). The Balaban J connectivity index is 2.38. The number of amides is 1. The second kappa shape index (κ2) is 6.10. The van der Waals surface area contributed by atoms with Gasteiger partial charge >= 0.3 is 5.97 Å². The Morgan fingerprint density at radius 3 is 2.29 bits per heavy atom. The largest absolute Gasteiger partial charge is 0.478 e. The molecule has 0 aliphatic rings. The van der Waals surface area contributed by atoms with Crippen LogP contribution in [0.4, 0.5) is 5.69 Å². The summed E-state index contributed by atoms with van der Waals surface area (Å²) in [4.78, 5) is 23.5. The summed E-state index contributed by atoms with van der Waals surface area (Å²) in [6.45, 7) is 3.85. The Bertz CT molecular complexity index is 702. The lowest BCUT2D eigenvalue weighted by molar-refractivity contribution is 0.0692. The van der Waals surface area contributed by atoms with Gasteiger partial charge in [-0.1, -0.05) is 18.2 Å². The zero-order valence-corrected chi connectivity index (χ0v) is 13.2. The molecule has 0 aliphatic heterocycles. The summed E-state index contributed by atoms with van der Waals surface area (Å²) in [7, 11) is 0. The third kappa shape index (κ3) is 3.31.